The van der Waals surface area contributed by atoms with Gasteiger partial charge in [0.15, 0.2) is 0 Å². The normalized spacial score (nSPS) is 19.7. The van der Waals surface area contributed by atoms with Gasteiger partial charge in [-0.3, -0.25) is 14.9 Å². The number of carbonyl (C=O) groups excluding carboxylic acids is 2. The van der Waals surface area contributed by atoms with E-state index in [0.717, 1.165) is 12.4 Å². The molecule has 2 amide bonds. The molecule has 1 aliphatic heterocycles. The van der Waals surface area contributed by atoms with E-state index < -0.39 is 6.04 Å². The molecular weight excluding hydrogens is 232 g/mol. The van der Waals surface area contributed by atoms with Crippen LogP contribution in [-0.4, -0.2) is 35.9 Å². The van der Waals surface area contributed by atoms with E-state index in [1.807, 2.05) is 19.1 Å². The predicted molar refractivity (Wildman–Crippen MR) is 68.4 cm³/mol. The fraction of sp³-hybridized carbons (Fsp3) is 0.417. The molecule has 6 nitrogen and oxygen atoms in total. The first-order valence-corrected chi connectivity index (χ1v) is 5.93. The maximum atomic E-state index is 11.6. The molecule has 1 fully saturated rings. The van der Waals surface area contributed by atoms with Crippen molar-refractivity contribution in [3.05, 3.63) is 18.2 Å². The number of nitrogens with zero attached hydrogens (tertiary/aromatic N) is 2. The molecule has 18 heavy (non-hydrogen) atoms. The second-order valence-corrected chi connectivity index (χ2v) is 4.13. The minimum absolute atomic E-state index is 0.148. The molecule has 2 heterocycles. The fourth-order valence-corrected chi connectivity index (χ4v) is 1.86. The SMILES string of the molecule is CCNc1cccc(N2CC(=O)NC(=O)C2C)n1. The Morgan fingerprint density at radius 1 is 1.50 bits per heavy atom. The number of nitrogens with one attached hydrogen (secondary N) is 2. The summed E-state index contributed by atoms with van der Waals surface area (Å²) >= 11 is 0. The summed E-state index contributed by atoms with van der Waals surface area (Å²) in [5.41, 5.74) is 0. The zero-order chi connectivity index (χ0) is 13.1. The average Bonchev–Trinajstić information content (AvgIpc) is 2.34. The van der Waals surface area contributed by atoms with E-state index in [9.17, 15) is 9.59 Å². The topological polar surface area (TPSA) is 74.3 Å². The van der Waals surface area contributed by atoms with Crippen molar-refractivity contribution in [3.63, 3.8) is 0 Å². The fourth-order valence-electron chi connectivity index (χ4n) is 1.86. The molecular formula is C12H16N4O2. The first-order chi connectivity index (χ1) is 8.61. The lowest BCUT2D eigenvalue weighted by molar-refractivity contribution is -0.132. The third-order valence-electron chi connectivity index (χ3n) is 2.81. The Labute approximate surface area is 105 Å². The second kappa shape index (κ2) is 5.03. The highest BCUT2D eigenvalue weighted by atomic mass is 16.2. The number of imide groups is 1. The van der Waals surface area contributed by atoms with E-state index in [4.69, 9.17) is 0 Å². The van der Waals surface area contributed by atoms with Crippen LogP contribution < -0.4 is 15.5 Å². The summed E-state index contributed by atoms with van der Waals surface area (Å²) in [6, 6.07) is 5.10. The van der Waals surface area contributed by atoms with Crippen molar-refractivity contribution < 1.29 is 9.59 Å². The third-order valence-corrected chi connectivity index (χ3v) is 2.81. The monoisotopic (exact) mass is 248 g/mol. The van der Waals surface area contributed by atoms with Crippen molar-refractivity contribution in [2.45, 2.75) is 19.9 Å². The van der Waals surface area contributed by atoms with Gasteiger partial charge in [-0.05, 0) is 26.0 Å². The van der Waals surface area contributed by atoms with Gasteiger partial charge in [-0.2, -0.15) is 0 Å². The number of hydrogen-bond donors (Lipinski definition) is 2. The summed E-state index contributed by atoms with van der Waals surface area (Å²) in [5, 5.41) is 5.41. The molecule has 1 unspecified atom stereocenters. The van der Waals surface area contributed by atoms with Crippen LogP contribution >= 0.6 is 0 Å². The molecule has 0 aromatic carbocycles. The van der Waals surface area contributed by atoms with Crippen molar-refractivity contribution in [2.75, 3.05) is 23.3 Å². The van der Waals surface area contributed by atoms with Gasteiger partial charge in [0.1, 0.15) is 17.7 Å². The van der Waals surface area contributed by atoms with E-state index in [2.05, 4.69) is 15.6 Å². The highest BCUT2D eigenvalue weighted by Crippen LogP contribution is 2.18. The highest BCUT2D eigenvalue weighted by molar-refractivity contribution is 6.04. The van der Waals surface area contributed by atoms with Gasteiger partial charge >= 0.3 is 0 Å². The smallest absolute Gasteiger partial charge is 0.249 e. The lowest BCUT2D eigenvalue weighted by atomic mass is 10.2. The van der Waals surface area contributed by atoms with Crippen LogP contribution in [0.2, 0.25) is 0 Å². The summed E-state index contributed by atoms with van der Waals surface area (Å²) < 4.78 is 0. The first kappa shape index (κ1) is 12.3. The molecule has 1 aliphatic rings. The zero-order valence-electron chi connectivity index (χ0n) is 10.4. The summed E-state index contributed by atoms with van der Waals surface area (Å²) in [7, 11) is 0. The number of pyridine rings is 1. The molecule has 2 rings (SSSR count). The predicted octanol–water partition coefficient (Wildman–Crippen LogP) is 0.365. The molecule has 0 aliphatic carbocycles. The number of anilines is 2. The van der Waals surface area contributed by atoms with E-state index in [1.165, 1.54) is 0 Å². The lowest BCUT2D eigenvalue weighted by Gasteiger charge is -2.32. The van der Waals surface area contributed by atoms with Gasteiger partial charge < -0.3 is 10.2 Å². The Morgan fingerprint density at radius 2 is 2.28 bits per heavy atom. The Kier molecular flexibility index (Phi) is 3.45. The van der Waals surface area contributed by atoms with Crippen molar-refractivity contribution in [2.24, 2.45) is 0 Å². The molecule has 1 saturated heterocycles. The molecule has 2 N–H and O–H groups in total. The van der Waals surface area contributed by atoms with E-state index in [1.54, 1.807) is 17.9 Å². The van der Waals surface area contributed by atoms with E-state index >= 15 is 0 Å². The van der Waals surface area contributed by atoms with Gasteiger partial charge in [-0.25, -0.2) is 4.98 Å². The minimum atomic E-state index is -0.396. The molecule has 0 saturated carbocycles. The van der Waals surface area contributed by atoms with Gasteiger partial charge in [0.2, 0.25) is 11.8 Å². The van der Waals surface area contributed by atoms with E-state index in [0.29, 0.717) is 5.82 Å². The molecule has 1 aromatic rings. The molecule has 6 heteroatoms. The minimum Gasteiger partial charge on any atom is -0.370 e. The Hall–Kier alpha value is -2.11. The molecule has 1 atom stereocenters. The highest BCUT2D eigenvalue weighted by Gasteiger charge is 2.31. The Balaban J connectivity index is 2.26. The number of amides is 2. The van der Waals surface area contributed by atoms with Crippen LogP contribution in [0.15, 0.2) is 18.2 Å². The van der Waals surface area contributed by atoms with Crippen molar-refractivity contribution >= 4 is 23.5 Å². The number of hydrogen-bond acceptors (Lipinski definition) is 5. The van der Waals surface area contributed by atoms with Crippen LogP contribution in [0.3, 0.4) is 0 Å². The zero-order valence-corrected chi connectivity index (χ0v) is 10.4. The molecule has 96 valence electrons. The van der Waals surface area contributed by atoms with Gasteiger partial charge in [0.05, 0.1) is 6.54 Å². The lowest BCUT2D eigenvalue weighted by Crippen LogP contribution is -2.57. The Bertz CT molecular complexity index is 475. The standard InChI is InChI=1S/C12H16N4O2/c1-3-13-9-5-4-6-10(14-9)16-7-11(17)15-12(18)8(16)2/h4-6,8H,3,7H2,1-2H3,(H,13,14)(H,15,17,18). The Morgan fingerprint density at radius 3 is 3.00 bits per heavy atom. The quantitative estimate of drug-likeness (QED) is 0.756. The maximum Gasteiger partial charge on any atom is 0.249 e. The van der Waals surface area contributed by atoms with Crippen LogP contribution in [0.25, 0.3) is 0 Å². The summed E-state index contributed by atoms with van der Waals surface area (Å²) in [5.74, 6) is 0.778. The van der Waals surface area contributed by atoms with Crippen molar-refractivity contribution in [1.82, 2.24) is 10.3 Å². The van der Waals surface area contributed by atoms with Gasteiger partial charge in [-0.1, -0.05) is 6.07 Å². The van der Waals surface area contributed by atoms with Crippen LogP contribution in [0, 0.1) is 0 Å². The summed E-state index contributed by atoms with van der Waals surface area (Å²) in [6.07, 6.45) is 0. The summed E-state index contributed by atoms with van der Waals surface area (Å²) in [4.78, 5) is 29.1. The second-order valence-electron chi connectivity index (χ2n) is 4.13. The van der Waals surface area contributed by atoms with Crippen molar-refractivity contribution in [3.8, 4) is 0 Å². The largest absolute Gasteiger partial charge is 0.370 e. The van der Waals surface area contributed by atoms with Crippen molar-refractivity contribution in [1.29, 1.82) is 0 Å². The van der Waals surface area contributed by atoms with Crippen LogP contribution in [-0.2, 0) is 9.59 Å². The maximum absolute atomic E-state index is 11.6. The van der Waals surface area contributed by atoms with Gasteiger partial charge in [0, 0.05) is 6.54 Å². The molecule has 1 aromatic heterocycles. The number of piperazine rings is 1. The number of rotatable bonds is 3. The number of aromatic nitrogens is 1. The third kappa shape index (κ3) is 2.42. The van der Waals surface area contributed by atoms with Gasteiger partial charge in [-0.15, -0.1) is 0 Å². The molecule has 0 radical (unpaired) electrons. The van der Waals surface area contributed by atoms with Crippen LogP contribution in [0.5, 0.6) is 0 Å². The molecule has 0 spiro atoms. The van der Waals surface area contributed by atoms with Gasteiger partial charge in [0.25, 0.3) is 0 Å². The van der Waals surface area contributed by atoms with Crippen LogP contribution in [0.4, 0.5) is 11.6 Å². The average molecular weight is 248 g/mol. The summed E-state index contributed by atoms with van der Waals surface area (Å²) in [6.45, 7) is 4.65. The first-order valence-electron chi connectivity index (χ1n) is 5.93. The molecule has 0 bridgehead atoms. The van der Waals surface area contributed by atoms with Crippen LogP contribution in [0.1, 0.15) is 13.8 Å². The number of carbonyl (C=O) groups is 2. The van der Waals surface area contributed by atoms with E-state index in [-0.39, 0.29) is 18.4 Å².